The Morgan fingerprint density at radius 2 is 1.69 bits per heavy atom. The average Bonchev–Trinajstić information content (AvgIpc) is 3.35. The van der Waals surface area contributed by atoms with Crippen molar-refractivity contribution in [1.82, 2.24) is 9.78 Å². The molecule has 4 aromatic carbocycles. The van der Waals surface area contributed by atoms with Gasteiger partial charge in [0.2, 0.25) is 0 Å². The number of amidine groups is 2. The van der Waals surface area contributed by atoms with Crippen molar-refractivity contribution in [1.29, 1.82) is 0 Å². The lowest BCUT2D eigenvalue weighted by atomic mass is 9.93. The number of benzene rings is 4. The van der Waals surface area contributed by atoms with Crippen LogP contribution in [0.5, 0.6) is 11.5 Å². The molecule has 3 heterocycles. The first-order valence-corrected chi connectivity index (χ1v) is 14.1. The maximum Gasteiger partial charge on any atom is 0.179 e. The number of hydrogen-bond donors (Lipinski definition) is 2. The molecule has 7 rings (SSSR count). The number of aromatic hydroxyl groups is 1. The van der Waals surface area contributed by atoms with Gasteiger partial charge in [-0.15, -0.1) is 0 Å². The fourth-order valence-corrected chi connectivity index (χ4v) is 5.63. The van der Waals surface area contributed by atoms with Gasteiger partial charge in [0, 0.05) is 16.3 Å². The number of ether oxygens (including phenoxy) is 1. The summed E-state index contributed by atoms with van der Waals surface area (Å²) in [5, 5.41) is 19.7. The Labute approximate surface area is 248 Å². The number of phenolic OH excluding ortho intramolecular Hbond substituents is 1. The molecular formula is C33H27ClN6O2. The summed E-state index contributed by atoms with van der Waals surface area (Å²) in [7, 11) is 0. The van der Waals surface area contributed by atoms with E-state index >= 15 is 0 Å². The predicted octanol–water partition coefficient (Wildman–Crippen LogP) is 7.73. The van der Waals surface area contributed by atoms with E-state index in [1.54, 1.807) is 6.07 Å². The molecule has 2 aliphatic heterocycles. The molecule has 2 aliphatic rings. The SMILES string of the molecule is CCOc1cc([C@H]2c3c(C)nn(-c4ccccc4)c3N=C3C(Nc4ccc(Cl)cc4)=Nc4ccccc4N32)ccc1O. The molecule has 1 atom stereocenters. The van der Waals surface area contributed by atoms with E-state index in [4.69, 9.17) is 31.4 Å². The van der Waals surface area contributed by atoms with Crippen molar-refractivity contribution in [2.24, 2.45) is 9.98 Å². The summed E-state index contributed by atoms with van der Waals surface area (Å²) < 4.78 is 7.69. The van der Waals surface area contributed by atoms with Crippen LogP contribution in [0.3, 0.4) is 0 Å². The molecule has 0 saturated heterocycles. The Hall–Kier alpha value is -5.08. The Morgan fingerprint density at radius 1 is 0.929 bits per heavy atom. The van der Waals surface area contributed by atoms with Gasteiger partial charge in [-0.2, -0.15) is 5.10 Å². The first-order valence-electron chi connectivity index (χ1n) is 13.7. The van der Waals surface area contributed by atoms with E-state index in [1.807, 2.05) is 110 Å². The van der Waals surface area contributed by atoms with Crippen LogP contribution in [-0.4, -0.2) is 33.2 Å². The first kappa shape index (κ1) is 25.9. The summed E-state index contributed by atoms with van der Waals surface area (Å²) in [5.74, 6) is 2.46. The molecule has 0 saturated carbocycles. The van der Waals surface area contributed by atoms with Crippen LogP contribution in [0.15, 0.2) is 107 Å². The normalized spacial score (nSPS) is 15.2. The minimum atomic E-state index is -0.344. The van der Waals surface area contributed by atoms with Crippen molar-refractivity contribution in [3.8, 4) is 17.2 Å². The molecule has 5 aromatic rings. The molecule has 0 radical (unpaired) electrons. The van der Waals surface area contributed by atoms with Crippen LogP contribution >= 0.6 is 11.6 Å². The van der Waals surface area contributed by atoms with E-state index in [9.17, 15) is 5.11 Å². The van der Waals surface area contributed by atoms with E-state index in [2.05, 4.69) is 10.2 Å². The van der Waals surface area contributed by atoms with Crippen molar-refractivity contribution in [3.05, 3.63) is 119 Å². The van der Waals surface area contributed by atoms with Crippen LogP contribution < -0.4 is 15.0 Å². The molecule has 2 N–H and O–H groups in total. The zero-order valence-corrected chi connectivity index (χ0v) is 23.7. The van der Waals surface area contributed by atoms with Crippen LogP contribution in [0.2, 0.25) is 5.02 Å². The summed E-state index contributed by atoms with van der Waals surface area (Å²) in [4.78, 5) is 12.5. The Bertz CT molecular complexity index is 1860. The second-order valence-electron chi connectivity index (χ2n) is 10.0. The maximum atomic E-state index is 10.6. The zero-order chi connectivity index (χ0) is 28.8. The fraction of sp³-hybridized carbons (Fsp3) is 0.121. The number of aryl methyl sites for hydroxylation is 1. The third-order valence-corrected chi connectivity index (χ3v) is 7.60. The van der Waals surface area contributed by atoms with Gasteiger partial charge in [0.15, 0.2) is 29.0 Å². The number of anilines is 2. The average molecular weight is 575 g/mol. The lowest BCUT2D eigenvalue weighted by Crippen LogP contribution is -2.46. The number of para-hydroxylation sites is 3. The summed E-state index contributed by atoms with van der Waals surface area (Å²) in [6.45, 7) is 4.33. The van der Waals surface area contributed by atoms with Crippen molar-refractivity contribution in [2.75, 3.05) is 16.8 Å². The predicted molar refractivity (Wildman–Crippen MR) is 168 cm³/mol. The largest absolute Gasteiger partial charge is 0.504 e. The highest BCUT2D eigenvalue weighted by Crippen LogP contribution is 2.49. The third-order valence-electron chi connectivity index (χ3n) is 7.35. The number of fused-ring (bicyclic) bond motifs is 4. The highest BCUT2D eigenvalue weighted by molar-refractivity contribution is 6.51. The quantitative estimate of drug-likeness (QED) is 0.224. The summed E-state index contributed by atoms with van der Waals surface area (Å²) in [5.41, 5.74) is 6.17. The van der Waals surface area contributed by atoms with Crippen molar-refractivity contribution in [3.63, 3.8) is 0 Å². The van der Waals surface area contributed by atoms with E-state index in [0.717, 1.165) is 39.6 Å². The number of rotatable bonds is 5. The smallest absolute Gasteiger partial charge is 0.179 e. The van der Waals surface area contributed by atoms with Crippen molar-refractivity contribution >= 4 is 46.2 Å². The van der Waals surface area contributed by atoms with Gasteiger partial charge in [0.25, 0.3) is 0 Å². The van der Waals surface area contributed by atoms with Gasteiger partial charge in [-0.05, 0) is 80.1 Å². The van der Waals surface area contributed by atoms with Crippen molar-refractivity contribution in [2.45, 2.75) is 19.9 Å². The Kier molecular flexibility index (Phi) is 6.40. The first-order chi connectivity index (χ1) is 20.5. The van der Waals surface area contributed by atoms with E-state index in [-0.39, 0.29) is 11.8 Å². The molecule has 0 aliphatic carbocycles. The number of phenols is 1. The third kappa shape index (κ3) is 4.37. The molecule has 1 aromatic heterocycles. The van der Waals surface area contributed by atoms with Gasteiger partial charge in [-0.3, -0.25) is 0 Å². The topological polar surface area (TPSA) is 87.3 Å². The zero-order valence-electron chi connectivity index (χ0n) is 23.0. The minimum Gasteiger partial charge on any atom is -0.504 e. The van der Waals surface area contributed by atoms with E-state index < -0.39 is 0 Å². The van der Waals surface area contributed by atoms with Gasteiger partial charge < -0.3 is 20.1 Å². The second-order valence-corrected chi connectivity index (χ2v) is 10.5. The molecule has 8 nitrogen and oxygen atoms in total. The highest BCUT2D eigenvalue weighted by atomic mass is 35.5. The van der Waals surface area contributed by atoms with Gasteiger partial charge in [0.1, 0.15) is 0 Å². The number of aliphatic imine (C=N–C) groups is 2. The lowest BCUT2D eigenvalue weighted by Gasteiger charge is -2.40. The van der Waals surface area contributed by atoms with E-state index in [0.29, 0.717) is 34.9 Å². The molecular weight excluding hydrogens is 548 g/mol. The van der Waals surface area contributed by atoms with Gasteiger partial charge in [-0.25, -0.2) is 14.7 Å². The second kappa shape index (κ2) is 10.4. The highest BCUT2D eigenvalue weighted by Gasteiger charge is 2.41. The van der Waals surface area contributed by atoms with Crippen LogP contribution in [0.25, 0.3) is 5.69 Å². The van der Waals surface area contributed by atoms with Gasteiger partial charge in [0.05, 0.1) is 35.4 Å². The number of aromatic nitrogens is 2. The standard InChI is InChI=1S/C33H27ClN6O2/c1-3-42-28-19-21(13-18-27(28)41)30-29-20(2)38-40(24-9-5-4-6-10-24)32(29)37-33-31(35-23-16-14-22(34)15-17-23)36-25-11-7-8-12-26(25)39(30)33/h4-19,30,41H,3H2,1-2H3,(H,35,36)/t30-/m0/s1. The minimum absolute atomic E-state index is 0.0907. The van der Waals surface area contributed by atoms with Crippen LogP contribution in [0, 0.1) is 6.92 Å². The summed E-state index contributed by atoms with van der Waals surface area (Å²) in [6.07, 6.45) is 0. The van der Waals surface area contributed by atoms with Crippen LogP contribution in [-0.2, 0) is 0 Å². The van der Waals surface area contributed by atoms with Crippen molar-refractivity contribution < 1.29 is 9.84 Å². The Balaban J connectivity index is 1.49. The monoisotopic (exact) mass is 574 g/mol. The maximum absolute atomic E-state index is 10.6. The number of hydrogen-bond acceptors (Lipinski definition) is 7. The van der Waals surface area contributed by atoms with Gasteiger partial charge in [-0.1, -0.05) is 48.0 Å². The molecule has 0 fully saturated rings. The molecule has 42 heavy (non-hydrogen) atoms. The molecule has 9 heteroatoms. The Morgan fingerprint density at radius 3 is 2.48 bits per heavy atom. The fourth-order valence-electron chi connectivity index (χ4n) is 5.50. The van der Waals surface area contributed by atoms with Crippen LogP contribution in [0.4, 0.5) is 22.9 Å². The molecule has 208 valence electrons. The number of nitrogens with one attached hydrogen (secondary N) is 1. The molecule has 0 bridgehead atoms. The molecule has 0 spiro atoms. The molecule has 0 unspecified atom stereocenters. The van der Waals surface area contributed by atoms with Gasteiger partial charge >= 0.3 is 0 Å². The number of halogens is 1. The van der Waals surface area contributed by atoms with Crippen LogP contribution in [0.1, 0.15) is 29.8 Å². The summed E-state index contributed by atoms with van der Waals surface area (Å²) in [6, 6.07) is 30.6. The number of nitrogens with zero attached hydrogens (tertiary/aromatic N) is 5. The summed E-state index contributed by atoms with van der Waals surface area (Å²) >= 11 is 6.17. The van der Waals surface area contributed by atoms with E-state index in [1.165, 1.54) is 0 Å². The molecule has 0 amide bonds. The lowest BCUT2D eigenvalue weighted by molar-refractivity contribution is 0.317.